The first kappa shape index (κ1) is 11.5. The summed E-state index contributed by atoms with van der Waals surface area (Å²) in [6.45, 7) is 3.67. The van der Waals surface area contributed by atoms with Crippen LogP contribution in [0.25, 0.3) is 0 Å². The minimum Gasteiger partial charge on any atom is -0.370 e. The van der Waals surface area contributed by atoms with E-state index in [1.165, 1.54) is 19.2 Å². The standard InChI is InChI=1S/C11H19N3O2/c1-2-12-9-3-5-10(6-4-9)15-7-11-13-8-16-14-11/h8-10,12H,2-7H2,1H3. The van der Waals surface area contributed by atoms with Gasteiger partial charge in [0.25, 0.3) is 0 Å². The van der Waals surface area contributed by atoms with Gasteiger partial charge in [-0.2, -0.15) is 4.98 Å². The van der Waals surface area contributed by atoms with E-state index in [0.717, 1.165) is 19.4 Å². The Balaban J connectivity index is 1.65. The molecule has 1 aromatic rings. The lowest BCUT2D eigenvalue weighted by Gasteiger charge is -2.28. The summed E-state index contributed by atoms with van der Waals surface area (Å²) in [5.41, 5.74) is 0. The summed E-state index contributed by atoms with van der Waals surface area (Å²) in [5, 5.41) is 7.20. The zero-order chi connectivity index (χ0) is 11.2. The van der Waals surface area contributed by atoms with Crippen molar-refractivity contribution in [2.45, 2.75) is 51.4 Å². The molecule has 0 saturated heterocycles. The van der Waals surface area contributed by atoms with Gasteiger partial charge in [0.15, 0.2) is 5.82 Å². The number of hydrogen-bond donors (Lipinski definition) is 1. The maximum Gasteiger partial charge on any atom is 0.213 e. The summed E-state index contributed by atoms with van der Waals surface area (Å²) >= 11 is 0. The van der Waals surface area contributed by atoms with Crippen LogP contribution < -0.4 is 5.32 Å². The SMILES string of the molecule is CCNC1CCC(OCc2ncon2)CC1. The number of aromatic nitrogens is 2. The van der Waals surface area contributed by atoms with Gasteiger partial charge in [-0.25, -0.2) is 0 Å². The van der Waals surface area contributed by atoms with Crippen LogP contribution >= 0.6 is 0 Å². The normalized spacial score (nSPS) is 25.8. The molecule has 1 N–H and O–H groups in total. The minimum atomic E-state index is 0.355. The molecule has 0 radical (unpaired) electrons. The van der Waals surface area contributed by atoms with Crippen LogP contribution in [0.1, 0.15) is 38.4 Å². The molecule has 0 atom stereocenters. The highest BCUT2D eigenvalue weighted by atomic mass is 16.5. The van der Waals surface area contributed by atoms with Crippen molar-refractivity contribution >= 4 is 0 Å². The highest BCUT2D eigenvalue weighted by molar-refractivity contribution is 4.79. The van der Waals surface area contributed by atoms with E-state index in [0.29, 0.717) is 24.6 Å². The van der Waals surface area contributed by atoms with Gasteiger partial charge in [-0.3, -0.25) is 0 Å². The fraction of sp³-hybridized carbons (Fsp3) is 0.818. The first-order chi connectivity index (χ1) is 7.88. The molecule has 1 aromatic heterocycles. The summed E-state index contributed by atoms with van der Waals surface area (Å²) in [6, 6.07) is 0.676. The van der Waals surface area contributed by atoms with Crippen molar-refractivity contribution in [3.05, 3.63) is 12.2 Å². The fourth-order valence-corrected chi connectivity index (χ4v) is 2.17. The molecule has 5 heteroatoms. The molecule has 0 amide bonds. The second-order valence-electron chi connectivity index (χ2n) is 4.19. The van der Waals surface area contributed by atoms with Gasteiger partial charge in [0, 0.05) is 6.04 Å². The van der Waals surface area contributed by atoms with E-state index < -0.39 is 0 Å². The molecule has 0 bridgehead atoms. The highest BCUT2D eigenvalue weighted by Gasteiger charge is 2.21. The van der Waals surface area contributed by atoms with Crippen molar-refractivity contribution in [2.75, 3.05) is 6.54 Å². The summed E-state index contributed by atoms with van der Waals surface area (Å²) in [4.78, 5) is 3.93. The molecule has 5 nitrogen and oxygen atoms in total. The van der Waals surface area contributed by atoms with E-state index in [1.54, 1.807) is 0 Å². The van der Waals surface area contributed by atoms with E-state index in [-0.39, 0.29) is 0 Å². The average Bonchev–Trinajstić information content (AvgIpc) is 2.82. The van der Waals surface area contributed by atoms with E-state index in [2.05, 4.69) is 26.9 Å². The van der Waals surface area contributed by atoms with Crippen LogP contribution in [0.3, 0.4) is 0 Å². The van der Waals surface area contributed by atoms with Gasteiger partial charge in [-0.15, -0.1) is 0 Å². The first-order valence-corrected chi connectivity index (χ1v) is 5.98. The van der Waals surface area contributed by atoms with Gasteiger partial charge in [-0.1, -0.05) is 12.1 Å². The van der Waals surface area contributed by atoms with Gasteiger partial charge in [0.2, 0.25) is 6.39 Å². The Morgan fingerprint density at radius 2 is 2.25 bits per heavy atom. The van der Waals surface area contributed by atoms with Gasteiger partial charge < -0.3 is 14.6 Å². The average molecular weight is 225 g/mol. The van der Waals surface area contributed by atoms with E-state index >= 15 is 0 Å². The molecule has 0 aromatic carbocycles. The zero-order valence-corrected chi connectivity index (χ0v) is 9.69. The lowest BCUT2D eigenvalue weighted by atomic mass is 9.93. The van der Waals surface area contributed by atoms with Crippen molar-refractivity contribution in [1.82, 2.24) is 15.5 Å². The van der Waals surface area contributed by atoms with E-state index in [4.69, 9.17) is 4.74 Å². The molecular formula is C11H19N3O2. The van der Waals surface area contributed by atoms with Crippen molar-refractivity contribution in [2.24, 2.45) is 0 Å². The fourth-order valence-electron chi connectivity index (χ4n) is 2.17. The highest BCUT2D eigenvalue weighted by Crippen LogP contribution is 2.21. The number of nitrogens with one attached hydrogen (secondary N) is 1. The van der Waals surface area contributed by atoms with Crippen molar-refractivity contribution in [3.8, 4) is 0 Å². The number of nitrogens with zero attached hydrogens (tertiary/aromatic N) is 2. The topological polar surface area (TPSA) is 60.2 Å². The summed E-state index contributed by atoms with van der Waals surface area (Å²) in [5.74, 6) is 0.633. The molecule has 0 spiro atoms. The van der Waals surface area contributed by atoms with Crippen LogP contribution in [-0.4, -0.2) is 28.8 Å². The summed E-state index contributed by atoms with van der Waals surface area (Å²) in [6.07, 6.45) is 6.33. The number of hydrogen-bond acceptors (Lipinski definition) is 5. The largest absolute Gasteiger partial charge is 0.370 e. The molecule has 2 rings (SSSR count). The third-order valence-electron chi connectivity index (χ3n) is 3.02. The predicted octanol–water partition coefficient (Wildman–Crippen LogP) is 1.51. The van der Waals surface area contributed by atoms with Gasteiger partial charge >= 0.3 is 0 Å². The Kier molecular flexibility index (Phi) is 4.30. The molecule has 16 heavy (non-hydrogen) atoms. The van der Waals surface area contributed by atoms with Gasteiger partial charge in [-0.05, 0) is 32.2 Å². The van der Waals surface area contributed by atoms with Crippen LogP contribution in [-0.2, 0) is 11.3 Å². The van der Waals surface area contributed by atoms with Crippen molar-refractivity contribution in [1.29, 1.82) is 0 Å². The molecule has 1 aliphatic carbocycles. The molecule has 0 aliphatic heterocycles. The lowest BCUT2D eigenvalue weighted by molar-refractivity contribution is 0.00755. The second-order valence-corrected chi connectivity index (χ2v) is 4.19. The van der Waals surface area contributed by atoms with Crippen molar-refractivity contribution in [3.63, 3.8) is 0 Å². The molecular weight excluding hydrogens is 206 g/mol. The second kappa shape index (κ2) is 5.96. The Morgan fingerprint density at radius 1 is 1.44 bits per heavy atom. The van der Waals surface area contributed by atoms with Crippen LogP contribution in [0, 0.1) is 0 Å². The molecule has 0 unspecified atom stereocenters. The monoisotopic (exact) mass is 225 g/mol. The zero-order valence-electron chi connectivity index (χ0n) is 9.69. The van der Waals surface area contributed by atoms with Gasteiger partial charge in [0.05, 0.1) is 6.10 Å². The Labute approximate surface area is 95.6 Å². The van der Waals surface area contributed by atoms with Gasteiger partial charge in [0.1, 0.15) is 6.61 Å². The molecule has 1 heterocycles. The quantitative estimate of drug-likeness (QED) is 0.823. The first-order valence-electron chi connectivity index (χ1n) is 5.98. The predicted molar refractivity (Wildman–Crippen MR) is 58.8 cm³/mol. The molecule has 1 aliphatic rings. The molecule has 90 valence electrons. The summed E-state index contributed by atoms with van der Waals surface area (Å²) < 4.78 is 10.4. The third-order valence-corrected chi connectivity index (χ3v) is 3.02. The van der Waals surface area contributed by atoms with Crippen LogP contribution in [0.5, 0.6) is 0 Å². The van der Waals surface area contributed by atoms with Crippen LogP contribution in [0.2, 0.25) is 0 Å². The maximum absolute atomic E-state index is 5.74. The third kappa shape index (κ3) is 3.28. The van der Waals surface area contributed by atoms with E-state index in [1.807, 2.05) is 0 Å². The van der Waals surface area contributed by atoms with Crippen LogP contribution in [0.15, 0.2) is 10.9 Å². The number of rotatable bonds is 5. The lowest BCUT2D eigenvalue weighted by Crippen LogP contribution is -2.35. The van der Waals surface area contributed by atoms with E-state index in [9.17, 15) is 0 Å². The Hall–Kier alpha value is -0.940. The molecule has 1 fully saturated rings. The Bertz CT molecular complexity index is 281. The van der Waals surface area contributed by atoms with Crippen LogP contribution in [0.4, 0.5) is 0 Å². The maximum atomic E-state index is 5.74. The summed E-state index contributed by atoms with van der Waals surface area (Å²) in [7, 11) is 0. The van der Waals surface area contributed by atoms with Crippen molar-refractivity contribution < 1.29 is 9.26 Å². The number of ether oxygens (including phenoxy) is 1. The minimum absolute atomic E-state index is 0.355. The Morgan fingerprint density at radius 3 is 2.88 bits per heavy atom. The molecule has 1 saturated carbocycles. The smallest absolute Gasteiger partial charge is 0.213 e.